The molecule has 1 fully saturated rings. The Hall–Kier alpha value is 0.500. The molecule has 0 N–H and O–H groups in total. The molecule has 0 aromatic heterocycles. The van der Waals surface area contributed by atoms with Crippen LogP contribution in [-0.4, -0.2) is 27.2 Å². The second kappa shape index (κ2) is 6.06. The highest BCUT2D eigenvalue weighted by molar-refractivity contribution is 7.99. The third-order valence-corrected chi connectivity index (χ3v) is 4.46. The third kappa shape index (κ3) is 4.86. The van der Waals surface area contributed by atoms with E-state index in [9.17, 15) is 4.21 Å². The lowest BCUT2D eigenvalue weighted by Gasteiger charge is -2.06. The standard InChI is InChI=1S/C8H16OS2/c9-11-7-3-1-5-10-6-2-4-8-11/h1-8H2. The maximum Gasteiger partial charge on any atom is 0.0235 e. The van der Waals surface area contributed by atoms with Crippen molar-refractivity contribution in [2.24, 2.45) is 0 Å². The van der Waals surface area contributed by atoms with Gasteiger partial charge in [0.2, 0.25) is 0 Å². The zero-order valence-corrected chi connectivity index (χ0v) is 8.51. The lowest BCUT2D eigenvalue weighted by atomic mass is 10.4. The van der Waals surface area contributed by atoms with Crippen molar-refractivity contribution in [2.45, 2.75) is 25.7 Å². The van der Waals surface area contributed by atoms with Gasteiger partial charge in [-0.1, -0.05) is 0 Å². The summed E-state index contributed by atoms with van der Waals surface area (Å²) in [5.74, 6) is 4.44. The Labute approximate surface area is 75.8 Å². The van der Waals surface area contributed by atoms with Gasteiger partial charge in [-0.15, -0.1) is 0 Å². The van der Waals surface area contributed by atoms with Crippen LogP contribution in [0, 0.1) is 0 Å². The molecule has 1 aliphatic heterocycles. The smallest absolute Gasteiger partial charge is 0.0235 e. The first kappa shape index (κ1) is 9.59. The number of hydrogen-bond acceptors (Lipinski definition) is 2. The summed E-state index contributed by atoms with van der Waals surface area (Å²) in [4.78, 5) is 0. The quantitative estimate of drug-likeness (QED) is 0.584. The Morgan fingerprint density at radius 3 is 2.00 bits per heavy atom. The SMILES string of the molecule is O=S1CCCCSCCCC1. The molecule has 0 radical (unpaired) electrons. The molecule has 3 heteroatoms. The molecule has 1 nitrogen and oxygen atoms in total. The van der Waals surface area contributed by atoms with Gasteiger partial charge in [0.1, 0.15) is 0 Å². The van der Waals surface area contributed by atoms with E-state index in [2.05, 4.69) is 11.8 Å². The van der Waals surface area contributed by atoms with Crippen LogP contribution in [-0.2, 0) is 10.8 Å². The molecule has 0 atom stereocenters. The number of rotatable bonds is 0. The predicted molar refractivity (Wildman–Crippen MR) is 53.7 cm³/mol. The van der Waals surface area contributed by atoms with Crippen molar-refractivity contribution >= 4 is 22.6 Å². The molecule has 0 unspecified atom stereocenters. The number of hydrogen-bond donors (Lipinski definition) is 0. The van der Waals surface area contributed by atoms with Gasteiger partial charge < -0.3 is 0 Å². The van der Waals surface area contributed by atoms with Crippen LogP contribution in [0.1, 0.15) is 25.7 Å². The summed E-state index contributed by atoms with van der Waals surface area (Å²) < 4.78 is 11.2. The molecule has 1 saturated heterocycles. The second-order valence-corrected chi connectivity index (χ2v) is 5.80. The molecule has 0 amide bonds. The van der Waals surface area contributed by atoms with Gasteiger partial charge in [0, 0.05) is 22.3 Å². The van der Waals surface area contributed by atoms with Crippen molar-refractivity contribution in [1.29, 1.82) is 0 Å². The van der Waals surface area contributed by atoms with E-state index in [1.165, 1.54) is 37.2 Å². The van der Waals surface area contributed by atoms with Gasteiger partial charge >= 0.3 is 0 Å². The normalized spacial score (nSPS) is 24.7. The van der Waals surface area contributed by atoms with E-state index in [-0.39, 0.29) is 0 Å². The largest absolute Gasteiger partial charge is 0.260 e. The van der Waals surface area contributed by atoms with E-state index in [1.54, 1.807) is 0 Å². The lowest BCUT2D eigenvalue weighted by molar-refractivity contribution is 0.676. The maximum absolute atomic E-state index is 11.2. The fourth-order valence-electron chi connectivity index (χ4n) is 1.14. The van der Waals surface area contributed by atoms with E-state index in [1.807, 2.05) is 0 Å². The third-order valence-electron chi connectivity index (χ3n) is 1.82. The Balaban J connectivity index is 2.17. The Morgan fingerprint density at radius 2 is 1.45 bits per heavy atom. The first-order chi connectivity index (χ1) is 5.39. The fraction of sp³-hybridized carbons (Fsp3) is 1.00. The van der Waals surface area contributed by atoms with E-state index in [4.69, 9.17) is 0 Å². The van der Waals surface area contributed by atoms with Gasteiger partial charge in [-0.05, 0) is 37.2 Å². The van der Waals surface area contributed by atoms with Crippen molar-refractivity contribution in [3.63, 3.8) is 0 Å². The average molecular weight is 192 g/mol. The van der Waals surface area contributed by atoms with E-state index in [0.29, 0.717) is 0 Å². The monoisotopic (exact) mass is 192 g/mol. The molecule has 0 spiro atoms. The minimum atomic E-state index is -0.497. The summed E-state index contributed by atoms with van der Waals surface area (Å²) in [5.41, 5.74) is 0. The minimum absolute atomic E-state index is 0.497. The van der Waals surface area contributed by atoms with Gasteiger partial charge in [-0.2, -0.15) is 11.8 Å². The van der Waals surface area contributed by atoms with Gasteiger partial charge in [-0.25, -0.2) is 0 Å². The van der Waals surface area contributed by atoms with E-state index >= 15 is 0 Å². The van der Waals surface area contributed by atoms with Gasteiger partial charge in [-0.3, -0.25) is 4.21 Å². The van der Waals surface area contributed by atoms with Crippen LogP contribution in [0.4, 0.5) is 0 Å². The predicted octanol–water partition coefficient (Wildman–Crippen LogP) is 2.04. The van der Waals surface area contributed by atoms with E-state index < -0.39 is 10.8 Å². The fourth-order valence-corrected chi connectivity index (χ4v) is 3.42. The first-order valence-electron chi connectivity index (χ1n) is 4.32. The summed E-state index contributed by atoms with van der Waals surface area (Å²) in [6.07, 6.45) is 4.85. The van der Waals surface area contributed by atoms with Crippen LogP contribution in [0.15, 0.2) is 0 Å². The van der Waals surface area contributed by atoms with Crippen LogP contribution in [0.25, 0.3) is 0 Å². The van der Waals surface area contributed by atoms with Gasteiger partial charge in [0.05, 0.1) is 0 Å². The molecule has 0 saturated carbocycles. The molecule has 1 heterocycles. The van der Waals surface area contributed by atoms with E-state index in [0.717, 1.165) is 11.5 Å². The highest BCUT2D eigenvalue weighted by Crippen LogP contribution is 2.10. The first-order valence-corrected chi connectivity index (χ1v) is 6.96. The van der Waals surface area contributed by atoms with Crippen molar-refractivity contribution in [2.75, 3.05) is 23.0 Å². The molecular weight excluding hydrogens is 176 g/mol. The molecule has 0 aliphatic carbocycles. The van der Waals surface area contributed by atoms with Crippen molar-refractivity contribution in [1.82, 2.24) is 0 Å². The molecule has 66 valence electrons. The molecule has 0 bridgehead atoms. The summed E-state index contributed by atoms with van der Waals surface area (Å²) in [6, 6.07) is 0. The topological polar surface area (TPSA) is 17.1 Å². The van der Waals surface area contributed by atoms with Crippen molar-refractivity contribution in [3.05, 3.63) is 0 Å². The molecule has 0 aromatic carbocycles. The maximum atomic E-state index is 11.2. The Bertz CT molecular complexity index is 113. The molecule has 1 rings (SSSR count). The summed E-state index contributed by atoms with van der Waals surface area (Å²) in [7, 11) is -0.497. The Kier molecular flexibility index (Phi) is 5.29. The van der Waals surface area contributed by atoms with Crippen LogP contribution < -0.4 is 0 Å². The molecular formula is C8H16OS2. The lowest BCUT2D eigenvalue weighted by Crippen LogP contribution is -2.05. The van der Waals surface area contributed by atoms with Gasteiger partial charge in [0.15, 0.2) is 0 Å². The zero-order chi connectivity index (χ0) is 7.94. The molecule has 11 heavy (non-hydrogen) atoms. The zero-order valence-electron chi connectivity index (χ0n) is 6.88. The minimum Gasteiger partial charge on any atom is -0.260 e. The second-order valence-electron chi connectivity index (χ2n) is 2.87. The van der Waals surface area contributed by atoms with Crippen LogP contribution >= 0.6 is 11.8 Å². The molecule has 0 aromatic rings. The van der Waals surface area contributed by atoms with Crippen LogP contribution in [0.5, 0.6) is 0 Å². The van der Waals surface area contributed by atoms with Crippen molar-refractivity contribution < 1.29 is 4.21 Å². The highest BCUT2D eigenvalue weighted by atomic mass is 32.2. The van der Waals surface area contributed by atoms with Crippen LogP contribution in [0.3, 0.4) is 0 Å². The highest BCUT2D eigenvalue weighted by Gasteiger charge is 2.02. The van der Waals surface area contributed by atoms with Gasteiger partial charge in [0.25, 0.3) is 0 Å². The summed E-state index contributed by atoms with van der Waals surface area (Å²) >= 11 is 2.05. The number of thioether (sulfide) groups is 1. The Morgan fingerprint density at radius 1 is 0.909 bits per heavy atom. The average Bonchev–Trinajstić information content (AvgIpc) is 2.03. The van der Waals surface area contributed by atoms with Crippen molar-refractivity contribution in [3.8, 4) is 0 Å². The van der Waals surface area contributed by atoms with Crippen LogP contribution in [0.2, 0.25) is 0 Å². The molecule has 1 aliphatic rings. The summed E-state index contributed by atoms with van der Waals surface area (Å²) in [5, 5.41) is 0. The summed E-state index contributed by atoms with van der Waals surface area (Å²) in [6.45, 7) is 0.